The third-order valence-electron chi connectivity index (χ3n) is 5.16. The number of carbonyl (C=O) groups excluding carboxylic acids is 1. The third-order valence-corrected chi connectivity index (χ3v) is 5.16. The number of anilines is 1. The number of carbonyl (C=O) groups is 1. The molecule has 0 atom stereocenters. The van der Waals surface area contributed by atoms with Gasteiger partial charge in [-0.2, -0.15) is 0 Å². The van der Waals surface area contributed by atoms with Crippen LogP contribution in [-0.4, -0.2) is 16.7 Å². The highest BCUT2D eigenvalue weighted by Crippen LogP contribution is 2.28. The minimum Gasteiger partial charge on any atom is -0.443 e. The number of pyridine rings is 1. The Morgan fingerprint density at radius 3 is 2.25 bits per heavy atom. The second-order valence-electron chi connectivity index (χ2n) is 8.95. The van der Waals surface area contributed by atoms with Crippen molar-refractivity contribution in [3.05, 3.63) is 96.1 Å². The number of ether oxygens (including phenoxy) is 1. The monoisotopic (exact) mass is 424 g/mol. The molecule has 0 N–H and O–H groups in total. The third kappa shape index (κ3) is 4.97. The van der Waals surface area contributed by atoms with Crippen LogP contribution in [0.15, 0.2) is 84.9 Å². The summed E-state index contributed by atoms with van der Waals surface area (Å²) in [5.74, 6) is 0. The van der Waals surface area contributed by atoms with Gasteiger partial charge in [-0.3, -0.25) is 4.90 Å². The molecule has 0 radical (unpaired) electrons. The molecule has 0 unspecified atom stereocenters. The molecule has 0 saturated carbocycles. The summed E-state index contributed by atoms with van der Waals surface area (Å²) in [7, 11) is 0. The van der Waals surface area contributed by atoms with Gasteiger partial charge in [-0.15, -0.1) is 0 Å². The number of amides is 1. The van der Waals surface area contributed by atoms with Crippen LogP contribution < -0.4 is 4.90 Å². The number of rotatable bonds is 4. The van der Waals surface area contributed by atoms with Crippen LogP contribution in [-0.2, 0) is 11.3 Å². The molecule has 0 aliphatic rings. The number of fused-ring (bicyclic) bond motifs is 1. The minimum absolute atomic E-state index is 0.372. The van der Waals surface area contributed by atoms with Crippen molar-refractivity contribution in [3.63, 3.8) is 0 Å². The molecule has 0 aliphatic carbocycles. The van der Waals surface area contributed by atoms with Crippen molar-refractivity contribution in [1.29, 1.82) is 0 Å². The first-order valence-electron chi connectivity index (χ1n) is 10.8. The lowest BCUT2D eigenvalue weighted by atomic mass is 10.0. The van der Waals surface area contributed by atoms with E-state index >= 15 is 0 Å². The molecule has 1 aromatic heterocycles. The van der Waals surface area contributed by atoms with Crippen LogP contribution in [0.1, 0.15) is 31.9 Å². The lowest BCUT2D eigenvalue weighted by molar-refractivity contribution is 0.0577. The molecular formula is C28H28N2O2. The molecule has 4 aromatic rings. The molecule has 0 fully saturated rings. The largest absolute Gasteiger partial charge is 0.443 e. The van der Waals surface area contributed by atoms with E-state index in [1.54, 1.807) is 4.90 Å². The van der Waals surface area contributed by atoms with E-state index < -0.39 is 5.60 Å². The van der Waals surface area contributed by atoms with E-state index in [0.29, 0.717) is 6.54 Å². The second-order valence-corrected chi connectivity index (χ2v) is 8.95. The zero-order valence-corrected chi connectivity index (χ0v) is 19.0. The Balaban J connectivity index is 1.81. The topological polar surface area (TPSA) is 42.4 Å². The summed E-state index contributed by atoms with van der Waals surface area (Å²) in [6.07, 6.45) is -0.372. The van der Waals surface area contributed by atoms with Gasteiger partial charge in [0.2, 0.25) is 0 Å². The summed E-state index contributed by atoms with van der Waals surface area (Å²) in [5.41, 5.74) is 5.18. The summed E-state index contributed by atoms with van der Waals surface area (Å²) in [6.45, 7) is 8.06. The van der Waals surface area contributed by atoms with E-state index in [4.69, 9.17) is 9.72 Å². The van der Waals surface area contributed by atoms with Crippen LogP contribution in [0, 0.1) is 6.92 Å². The maximum Gasteiger partial charge on any atom is 0.415 e. The molecule has 0 saturated heterocycles. The number of hydrogen-bond acceptors (Lipinski definition) is 3. The molecule has 0 spiro atoms. The Kier molecular flexibility index (Phi) is 5.95. The summed E-state index contributed by atoms with van der Waals surface area (Å²) in [5, 5.41) is 1.02. The van der Waals surface area contributed by atoms with E-state index in [1.807, 2.05) is 100 Å². The normalized spacial score (nSPS) is 11.4. The van der Waals surface area contributed by atoms with Gasteiger partial charge in [-0.05, 0) is 57.5 Å². The number of nitrogens with zero attached hydrogens (tertiary/aromatic N) is 2. The van der Waals surface area contributed by atoms with Crippen molar-refractivity contribution in [3.8, 4) is 11.3 Å². The molecule has 4 nitrogen and oxygen atoms in total. The smallest absolute Gasteiger partial charge is 0.415 e. The molecule has 3 aromatic carbocycles. The summed E-state index contributed by atoms with van der Waals surface area (Å²) < 4.78 is 5.76. The van der Waals surface area contributed by atoms with Crippen molar-refractivity contribution in [2.45, 2.75) is 39.8 Å². The minimum atomic E-state index is -0.588. The first-order chi connectivity index (χ1) is 15.3. The molecule has 4 heteroatoms. The van der Waals surface area contributed by atoms with Crippen molar-refractivity contribution in [2.75, 3.05) is 4.90 Å². The van der Waals surface area contributed by atoms with Gasteiger partial charge in [0, 0.05) is 16.6 Å². The van der Waals surface area contributed by atoms with Gasteiger partial charge in [0.15, 0.2) is 0 Å². The highest BCUT2D eigenvalue weighted by atomic mass is 16.6. The summed E-state index contributed by atoms with van der Waals surface area (Å²) in [4.78, 5) is 19.8. The average Bonchev–Trinajstić information content (AvgIpc) is 2.77. The van der Waals surface area contributed by atoms with Crippen molar-refractivity contribution in [2.24, 2.45) is 0 Å². The van der Waals surface area contributed by atoms with Gasteiger partial charge in [0.05, 0.1) is 17.8 Å². The van der Waals surface area contributed by atoms with E-state index in [9.17, 15) is 4.79 Å². The van der Waals surface area contributed by atoms with Gasteiger partial charge in [0.1, 0.15) is 5.60 Å². The van der Waals surface area contributed by atoms with E-state index in [0.717, 1.165) is 39.0 Å². The Morgan fingerprint density at radius 2 is 1.56 bits per heavy atom. The van der Waals surface area contributed by atoms with Crippen molar-refractivity contribution >= 4 is 22.7 Å². The predicted molar refractivity (Wildman–Crippen MR) is 131 cm³/mol. The highest BCUT2D eigenvalue weighted by molar-refractivity contribution is 5.90. The number of benzene rings is 3. The molecule has 1 amide bonds. The van der Waals surface area contributed by atoms with Crippen LogP contribution in [0.3, 0.4) is 0 Å². The molecule has 0 bridgehead atoms. The van der Waals surface area contributed by atoms with Gasteiger partial charge in [-0.1, -0.05) is 66.2 Å². The summed E-state index contributed by atoms with van der Waals surface area (Å²) in [6, 6.07) is 28.1. The maximum atomic E-state index is 13.2. The molecule has 162 valence electrons. The number of para-hydroxylation sites is 1. The van der Waals surface area contributed by atoms with E-state index in [2.05, 4.69) is 12.1 Å². The zero-order chi connectivity index (χ0) is 22.7. The fraction of sp³-hybridized carbons (Fsp3) is 0.214. The number of aryl methyl sites for hydroxylation is 1. The zero-order valence-electron chi connectivity index (χ0n) is 19.0. The highest BCUT2D eigenvalue weighted by Gasteiger charge is 2.24. The van der Waals surface area contributed by atoms with Gasteiger partial charge >= 0.3 is 6.09 Å². The Labute approximate surface area is 189 Å². The van der Waals surface area contributed by atoms with Crippen LogP contribution in [0.25, 0.3) is 22.2 Å². The lowest BCUT2D eigenvalue weighted by Gasteiger charge is -2.28. The number of hydrogen-bond donors (Lipinski definition) is 0. The first kappa shape index (κ1) is 21.6. The Bertz CT molecular complexity index is 1230. The lowest BCUT2D eigenvalue weighted by Crippen LogP contribution is -2.36. The maximum absolute atomic E-state index is 13.2. The fourth-order valence-corrected chi connectivity index (χ4v) is 3.61. The Hall–Kier alpha value is -3.66. The Morgan fingerprint density at radius 1 is 0.906 bits per heavy atom. The van der Waals surface area contributed by atoms with Crippen LogP contribution in [0.2, 0.25) is 0 Å². The fourth-order valence-electron chi connectivity index (χ4n) is 3.61. The van der Waals surface area contributed by atoms with Crippen LogP contribution in [0.4, 0.5) is 10.5 Å². The SMILES string of the molecule is Cc1ccc(N(Cc2cc(-c3ccccc3)nc3ccccc23)C(=O)OC(C)(C)C)cc1. The molecule has 0 aliphatic heterocycles. The van der Waals surface area contributed by atoms with Gasteiger partial charge < -0.3 is 4.74 Å². The summed E-state index contributed by atoms with van der Waals surface area (Å²) >= 11 is 0. The molecule has 1 heterocycles. The molecule has 4 rings (SSSR count). The van der Waals surface area contributed by atoms with Crippen LogP contribution >= 0.6 is 0 Å². The standard InChI is InChI=1S/C28H28N2O2/c1-20-14-16-23(17-15-20)30(27(31)32-28(2,3)4)19-22-18-26(21-10-6-5-7-11-21)29-25-13-9-8-12-24(22)25/h5-18H,19H2,1-4H3. The average molecular weight is 425 g/mol. The molecule has 32 heavy (non-hydrogen) atoms. The van der Waals surface area contributed by atoms with Crippen LogP contribution in [0.5, 0.6) is 0 Å². The van der Waals surface area contributed by atoms with Crippen molar-refractivity contribution in [1.82, 2.24) is 4.98 Å². The van der Waals surface area contributed by atoms with Gasteiger partial charge in [0.25, 0.3) is 0 Å². The predicted octanol–water partition coefficient (Wildman–Crippen LogP) is 7.15. The van der Waals surface area contributed by atoms with Gasteiger partial charge in [-0.25, -0.2) is 9.78 Å². The first-order valence-corrected chi connectivity index (χ1v) is 10.8. The molecular weight excluding hydrogens is 396 g/mol. The van der Waals surface area contributed by atoms with Crippen molar-refractivity contribution < 1.29 is 9.53 Å². The van der Waals surface area contributed by atoms with E-state index in [1.165, 1.54) is 0 Å². The quantitative estimate of drug-likeness (QED) is 0.349. The second kappa shape index (κ2) is 8.83. The number of aromatic nitrogens is 1. The van der Waals surface area contributed by atoms with E-state index in [-0.39, 0.29) is 6.09 Å².